The predicted octanol–water partition coefficient (Wildman–Crippen LogP) is 3.75. The van der Waals surface area contributed by atoms with Crippen molar-refractivity contribution in [3.8, 4) is 0 Å². The van der Waals surface area contributed by atoms with Crippen LogP contribution in [0.15, 0.2) is 54.6 Å². The normalized spacial score (nSPS) is 10.4. The molecular formula is C18H18N4OS. The van der Waals surface area contributed by atoms with Gasteiger partial charge in [0.15, 0.2) is 0 Å². The molecule has 24 heavy (non-hydrogen) atoms. The first-order chi connectivity index (χ1) is 11.7. The first kappa shape index (κ1) is 16.1. The fourth-order valence-electron chi connectivity index (χ4n) is 2.18. The molecule has 1 heterocycles. The number of amides is 1. The molecular weight excluding hydrogens is 320 g/mol. The van der Waals surface area contributed by atoms with Crippen molar-refractivity contribution in [3.63, 3.8) is 0 Å². The molecule has 0 bridgehead atoms. The molecule has 0 saturated heterocycles. The first-order valence-electron chi connectivity index (χ1n) is 7.70. The largest absolute Gasteiger partial charge is 0.360 e. The molecule has 0 atom stereocenters. The van der Waals surface area contributed by atoms with Crippen molar-refractivity contribution in [1.29, 1.82) is 0 Å². The third kappa shape index (κ3) is 4.39. The molecule has 3 aromatic rings. The van der Waals surface area contributed by atoms with E-state index in [1.165, 1.54) is 16.9 Å². The number of hydrogen-bond acceptors (Lipinski definition) is 5. The van der Waals surface area contributed by atoms with E-state index >= 15 is 0 Å². The van der Waals surface area contributed by atoms with Gasteiger partial charge < -0.3 is 5.32 Å². The van der Waals surface area contributed by atoms with Gasteiger partial charge in [-0.1, -0.05) is 59.4 Å². The highest BCUT2D eigenvalue weighted by Crippen LogP contribution is 2.20. The zero-order valence-electron chi connectivity index (χ0n) is 13.3. The number of aryl methyl sites for hydroxylation is 1. The summed E-state index contributed by atoms with van der Waals surface area (Å²) in [6.07, 6.45) is 0.908. The van der Waals surface area contributed by atoms with Crippen molar-refractivity contribution in [2.24, 2.45) is 0 Å². The van der Waals surface area contributed by atoms with Crippen LogP contribution in [0.25, 0.3) is 0 Å². The number of aromatic nitrogens is 2. The van der Waals surface area contributed by atoms with Crippen LogP contribution in [0.3, 0.4) is 0 Å². The molecule has 0 spiro atoms. The summed E-state index contributed by atoms with van der Waals surface area (Å²) in [7, 11) is 0. The molecule has 2 N–H and O–H groups in total. The minimum atomic E-state index is -0.179. The minimum Gasteiger partial charge on any atom is -0.360 e. The van der Waals surface area contributed by atoms with Crippen LogP contribution < -0.4 is 10.6 Å². The lowest BCUT2D eigenvalue weighted by molar-refractivity contribution is 0.102. The van der Waals surface area contributed by atoms with Crippen molar-refractivity contribution in [2.75, 3.05) is 17.2 Å². The third-order valence-corrected chi connectivity index (χ3v) is 4.29. The molecule has 1 aromatic heterocycles. The number of benzene rings is 2. The standard InChI is InChI=1S/C18H18N4OS/c1-13-7-9-15(10-8-13)16(23)20-18-22-21-17(24-18)19-12-11-14-5-3-2-4-6-14/h2-10H,11-12H2,1H3,(H,19,21)(H,20,22,23). The van der Waals surface area contributed by atoms with Crippen LogP contribution in [0.2, 0.25) is 0 Å². The maximum atomic E-state index is 12.1. The molecule has 3 rings (SSSR count). The van der Waals surface area contributed by atoms with E-state index in [0.29, 0.717) is 15.8 Å². The third-order valence-electron chi connectivity index (χ3n) is 3.49. The Hall–Kier alpha value is -2.73. The van der Waals surface area contributed by atoms with Gasteiger partial charge in [-0.15, -0.1) is 10.2 Å². The van der Waals surface area contributed by atoms with Gasteiger partial charge in [-0.2, -0.15) is 0 Å². The topological polar surface area (TPSA) is 66.9 Å². The van der Waals surface area contributed by atoms with Gasteiger partial charge in [0.1, 0.15) is 0 Å². The quantitative estimate of drug-likeness (QED) is 0.718. The van der Waals surface area contributed by atoms with Crippen LogP contribution in [-0.2, 0) is 6.42 Å². The van der Waals surface area contributed by atoms with Gasteiger partial charge >= 0.3 is 0 Å². The first-order valence-corrected chi connectivity index (χ1v) is 8.52. The highest BCUT2D eigenvalue weighted by atomic mass is 32.1. The number of nitrogens with zero attached hydrogens (tertiary/aromatic N) is 2. The summed E-state index contributed by atoms with van der Waals surface area (Å²) in [6, 6.07) is 17.7. The van der Waals surface area contributed by atoms with E-state index in [1.54, 1.807) is 12.1 Å². The second-order valence-electron chi connectivity index (χ2n) is 5.39. The molecule has 0 aliphatic rings. The fourth-order valence-corrected chi connectivity index (χ4v) is 2.84. The fraction of sp³-hybridized carbons (Fsp3) is 0.167. The molecule has 0 aliphatic carbocycles. The average Bonchev–Trinajstić information content (AvgIpc) is 3.04. The van der Waals surface area contributed by atoms with E-state index in [2.05, 4.69) is 33.0 Å². The van der Waals surface area contributed by atoms with Crippen LogP contribution >= 0.6 is 11.3 Å². The zero-order valence-corrected chi connectivity index (χ0v) is 14.1. The van der Waals surface area contributed by atoms with E-state index in [-0.39, 0.29) is 5.91 Å². The lowest BCUT2D eigenvalue weighted by atomic mass is 10.1. The number of carbonyl (C=O) groups is 1. The number of carbonyl (C=O) groups excluding carboxylic acids is 1. The molecule has 1 amide bonds. The Bertz CT molecular complexity index is 799. The van der Waals surface area contributed by atoms with Gasteiger partial charge in [-0.25, -0.2) is 0 Å². The van der Waals surface area contributed by atoms with Gasteiger partial charge in [-0.3, -0.25) is 10.1 Å². The predicted molar refractivity (Wildman–Crippen MR) is 97.7 cm³/mol. The second kappa shape index (κ2) is 7.70. The zero-order chi connectivity index (χ0) is 16.8. The summed E-state index contributed by atoms with van der Waals surface area (Å²) in [5.74, 6) is -0.179. The second-order valence-corrected chi connectivity index (χ2v) is 6.37. The Labute approximate surface area is 144 Å². The lowest BCUT2D eigenvalue weighted by Crippen LogP contribution is -2.11. The Kier molecular flexibility index (Phi) is 5.18. The van der Waals surface area contributed by atoms with Gasteiger partial charge in [0.05, 0.1) is 0 Å². The Balaban J connectivity index is 1.51. The van der Waals surface area contributed by atoms with E-state index in [4.69, 9.17) is 0 Å². The number of rotatable bonds is 6. The smallest absolute Gasteiger partial charge is 0.257 e. The summed E-state index contributed by atoms with van der Waals surface area (Å²) in [6.45, 7) is 2.75. The molecule has 2 aromatic carbocycles. The van der Waals surface area contributed by atoms with Crippen LogP contribution in [0.5, 0.6) is 0 Å². The molecule has 0 aliphatic heterocycles. The molecule has 122 valence electrons. The highest BCUT2D eigenvalue weighted by molar-refractivity contribution is 7.19. The number of anilines is 2. The molecule has 0 unspecified atom stereocenters. The summed E-state index contributed by atoms with van der Waals surface area (Å²) in [5, 5.41) is 15.2. The maximum absolute atomic E-state index is 12.1. The Morgan fingerprint density at radius 3 is 2.46 bits per heavy atom. The van der Waals surface area contributed by atoms with E-state index < -0.39 is 0 Å². The molecule has 0 radical (unpaired) electrons. The van der Waals surface area contributed by atoms with Gasteiger partial charge in [0.25, 0.3) is 5.91 Å². The SMILES string of the molecule is Cc1ccc(C(=O)Nc2nnc(NCCc3ccccc3)s2)cc1. The Morgan fingerprint density at radius 2 is 1.71 bits per heavy atom. The minimum absolute atomic E-state index is 0.179. The van der Waals surface area contributed by atoms with Crippen molar-refractivity contribution < 1.29 is 4.79 Å². The van der Waals surface area contributed by atoms with Crippen molar-refractivity contribution in [2.45, 2.75) is 13.3 Å². The van der Waals surface area contributed by atoms with E-state index in [0.717, 1.165) is 18.5 Å². The summed E-state index contributed by atoms with van der Waals surface area (Å²) < 4.78 is 0. The van der Waals surface area contributed by atoms with E-state index in [9.17, 15) is 4.79 Å². The maximum Gasteiger partial charge on any atom is 0.257 e. The van der Waals surface area contributed by atoms with Gasteiger partial charge in [-0.05, 0) is 31.0 Å². The van der Waals surface area contributed by atoms with Crippen LogP contribution in [0.1, 0.15) is 21.5 Å². The van der Waals surface area contributed by atoms with Crippen molar-refractivity contribution >= 4 is 27.5 Å². The Morgan fingerprint density at radius 1 is 1.00 bits per heavy atom. The molecule has 5 nitrogen and oxygen atoms in total. The van der Waals surface area contributed by atoms with Gasteiger partial charge in [0, 0.05) is 12.1 Å². The summed E-state index contributed by atoms with van der Waals surface area (Å²) >= 11 is 1.33. The van der Waals surface area contributed by atoms with E-state index in [1.807, 2.05) is 37.3 Å². The molecule has 0 fully saturated rings. The van der Waals surface area contributed by atoms with Crippen LogP contribution in [0.4, 0.5) is 10.3 Å². The molecule has 6 heteroatoms. The van der Waals surface area contributed by atoms with Crippen LogP contribution in [-0.4, -0.2) is 22.6 Å². The van der Waals surface area contributed by atoms with Crippen molar-refractivity contribution in [1.82, 2.24) is 10.2 Å². The van der Waals surface area contributed by atoms with Crippen molar-refractivity contribution in [3.05, 3.63) is 71.3 Å². The monoisotopic (exact) mass is 338 g/mol. The number of nitrogens with one attached hydrogen (secondary N) is 2. The molecule has 0 saturated carbocycles. The van der Waals surface area contributed by atoms with Crippen LogP contribution in [0, 0.1) is 6.92 Å². The number of hydrogen-bond donors (Lipinski definition) is 2. The van der Waals surface area contributed by atoms with Gasteiger partial charge in [0.2, 0.25) is 10.3 Å². The highest BCUT2D eigenvalue weighted by Gasteiger charge is 2.09. The average molecular weight is 338 g/mol. The summed E-state index contributed by atoms with van der Waals surface area (Å²) in [4.78, 5) is 12.1. The lowest BCUT2D eigenvalue weighted by Gasteiger charge is -2.02. The summed E-state index contributed by atoms with van der Waals surface area (Å²) in [5.41, 5.74) is 2.99.